The van der Waals surface area contributed by atoms with Crippen molar-refractivity contribution in [2.45, 2.75) is 0 Å². The van der Waals surface area contributed by atoms with Crippen molar-refractivity contribution in [3.8, 4) is 21.9 Å². The summed E-state index contributed by atoms with van der Waals surface area (Å²) >= 11 is 1.47. The first-order valence-corrected chi connectivity index (χ1v) is 7.96. The molecule has 4 heteroatoms. The molecule has 0 radical (unpaired) electrons. The quantitative estimate of drug-likeness (QED) is 0.640. The van der Waals surface area contributed by atoms with Gasteiger partial charge in [-0.3, -0.25) is 4.79 Å². The third-order valence-electron chi connectivity index (χ3n) is 3.54. The van der Waals surface area contributed by atoms with Gasteiger partial charge in [0.2, 0.25) is 5.78 Å². The Labute approximate surface area is 139 Å². The number of carbonyl (C=O) groups is 1. The summed E-state index contributed by atoms with van der Waals surface area (Å²) in [6.45, 7) is 0. The summed E-state index contributed by atoms with van der Waals surface area (Å²) in [6, 6.07) is 18.9. The van der Waals surface area contributed by atoms with Crippen LogP contribution >= 0.6 is 11.3 Å². The van der Waals surface area contributed by atoms with Gasteiger partial charge in [0, 0.05) is 4.88 Å². The summed E-state index contributed by atoms with van der Waals surface area (Å²) in [5, 5.41) is 0. The molecule has 2 aromatic carbocycles. The highest BCUT2D eigenvalue weighted by Gasteiger charge is 2.16. The summed E-state index contributed by atoms with van der Waals surface area (Å²) in [4.78, 5) is 14.4. The Morgan fingerprint density at radius 2 is 1.74 bits per heavy atom. The molecule has 0 aliphatic carbocycles. The third-order valence-corrected chi connectivity index (χ3v) is 4.67. The normalized spacial score (nSPS) is 10.3. The smallest absolute Gasteiger partial charge is 0.206 e. The second kappa shape index (κ2) is 6.67. The van der Waals surface area contributed by atoms with Gasteiger partial charge >= 0.3 is 0 Å². The Kier molecular flexibility index (Phi) is 4.44. The van der Waals surface area contributed by atoms with Gasteiger partial charge < -0.3 is 9.47 Å². The van der Waals surface area contributed by atoms with E-state index in [0.717, 1.165) is 16.2 Å². The maximum absolute atomic E-state index is 12.7. The summed E-state index contributed by atoms with van der Waals surface area (Å²) < 4.78 is 10.5. The molecule has 1 heterocycles. The Balaban J connectivity index is 1.93. The van der Waals surface area contributed by atoms with Crippen molar-refractivity contribution < 1.29 is 14.3 Å². The van der Waals surface area contributed by atoms with E-state index in [2.05, 4.69) is 0 Å². The van der Waals surface area contributed by atoms with Crippen molar-refractivity contribution in [1.82, 2.24) is 0 Å². The van der Waals surface area contributed by atoms with Gasteiger partial charge in [-0.2, -0.15) is 0 Å². The SMILES string of the molecule is COc1cccc(-c2ccc(C(=O)c3ccccc3OC)s2)c1. The van der Waals surface area contributed by atoms with E-state index in [4.69, 9.17) is 9.47 Å². The van der Waals surface area contributed by atoms with E-state index in [9.17, 15) is 4.79 Å². The molecule has 0 N–H and O–H groups in total. The zero-order valence-corrected chi connectivity index (χ0v) is 13.7. The average Bonchev–Trinajstić information content (AvgIpc) is 3.11. The summed E-state index contributed by atoms with van der Waals surface area (Å²) in [6.07, 6.45) is 0. The minimum Gasteiger partial charge on any atom is -0.497 e. The lowest BCUT2D eigenvalue weighted by molar-refractivity contribution is 0.103. The highest BCUT2D eigenvalue weighted by Crippen LogP contribution is 2.32. The fraction of sp³-hybridized carbons (Fsp3) is 0.105. The molecule has 3 aromatic rings. The van der Waals surface area contributed by atoms with Crippen molar-refractivity contribution in [2.75, 3.05) is 14.2 Å². The highest BCUT2D eigenvalue weighted by atomic mass is 32.1. The van der Waals surface area contributed by atoms with Gasteiger partial charge in [-0.15, -0.1) is 11.3 Å². The van der Waals surface area contributed by atoms with Gasteiger partial charge in [-0.25, -0.2) is 0 Å². The number of carbonyl (C=O) groups excluding carboxylic acids is 1. The number of thiophene rings is 1. The topological polar surface area (TPSA) is 35.5 Å². The number of para-hydroxylation sites is 1. The number of ketones is 1. The van der Waals surface area contributed by atoms with Crippen LogP contribution in [-0.4, -0.2) is 20.0 Å². The Bertz CT molecular complexity index is 836. The molecule has 3 rings (SSSR count). The van der Waals surface area contributed by atoms with E-state index in [1.165, 1.54) is 11.3 Å². The van der Waals surface area contributed by atoms with E-state index in [1.54, 1.807) is 26.4 Å². The van der Waals surface area contributed by atoms with Gasteiger partial charge in [-0.1, -0.05) is 24.3 Å². The molecule has 0 saturated carbocycles. The first kappa shape index (κ1) is 15.3. The Morgan fingerprint density at radius 3 is 2.52 bits per heavy atom. The number of hydrogen-bond donors (Lipinski definition) is 0. The largest absolute Gasteiger partial charge is 0.497 e. The monoisotopic (exact) mass is 324 g/mol. The predicted molar refractivity (Wildman–Crippen MR) is 92.7 cm³/mol. The maximum atomic E-state index is 12.7. The summed E-state index contributed by atoms with van der Waals surface area (Å²) in [5.74, 6) is 1.36. The average molecular weight is 324 g/mol. The number of methoxy groups -OCH3 is 2. The zero-order valence-electron chi connectivity index (χ0n) is 12.9. The van der Waals surface area contributed by atoms with Crippen LogP contribution in [0.2, 0.25) is 0 Å². The highest BCUT2D eigenvalue weighted by molar-refractivity contribution is 7.17. The molecule has 23 heavy (non-hydrogen) atoms. The minimum absolute atomic E-state index is 0.0263. The molecule has 0 fully saturated rings. The van der Waals surface area contributed by atoms with E-state index in [0.29, 0.717) is 16.2 Å². The molecule has 0 unspecified atom stereocenters. The van der Waals surface area contributed by atoms with Crippen molar-refractivity contribution >= 4 is 17.1 Å². The molecule has 0 aliphatic rings. The van der Waals surface area contributed by atoms with Crippen molar-refractivity contribution in [3.63, 3.8) is 0 Å². The van der Waals surface area contributed by atoms with E-state index < -0.39 is 0 Å². The fourth-order valence-electron chi connectivity index (χ4n) is 2.36. The molecule has 0 spiro atoms. The molecule has 116 valence electrons. The summed E-state index contributed by atoms with van der Waals surface area (Å²) in [7, 11) is 3.21. The molecule has 1 aromatic heterocycles. The number of benzene rings is 2. The van der Waals surface area contributed by atoms with Crippen LogP contribution in [0.25, 0.3) is 10.4 Å². The van der Waals surface area contributed by atoms with Gasteiger partial charge in [0.1, 0.15) is 11.5 Å². The van der Waals surface area contributed by atoms with Gasteiger partial charge in [0.05, 0.1) is 24.7 Å². The standard InChI is InChI=1S/C19H16O3S/c1-21-14-7-5-6-13(12-14)17-10-11-18(23-17)19(20)15-8-3-4-9-16(15)22-2/h3-12H,1-2H3. The Morgan fingerprint density at radius 1 is 0.913 bits per heavy atom. The van der Waals surface area contributed by atoms with Crippen LogP contribution in [0.1, 0.15) is 15.2 Å². The van der Waals surface area contributed by atoms with Crippen LogP contribution < -0.4 is 9.47 Å². The van der Waals surface area contributed by atoms with E-state index in [1.807, 2.05) is 48.5 Å². The number of rotatable bonds is 5. The molecule has 3 nitrogen and oxygen atoms in total. The van der Waals surface area contributed by atoms with Gasteiger partial charge in [0.25, 0.3) is 0 Å². The van der Waals surface area contributed by atoms with Crippen LogP contribution in [0, 0.1) is 0 Å². The van der Waals surface area contributed by atoms with Crippen LogP contribution in [0.3, 0.4) is 0 Å². The molecular weight excluding hydrogens is 308 g/mol. The third kappa shape index (κ3) is 3.12. The van der Waals surface area contributed by atoms with Gasteiger partial charge in [0.15, 0.2) is 0 Å². The molecule has 0 atom stereocenters. The number of hydrogen-bond acceptors (Lipinski definition) is 4. The lowest BCUT2D eigenvalue weighted by atomic mass is 10.1. The first-order valence-electron chi connectivity index (χ1n) is 7.15. The van der Waals surface area contributed by atoms with Crippen LogP contribution in [0.5, 0.6) is 11.5 Å². The predicted octanol–water partition coefficient (Wildman–Crippen LogP) is 4.66. The molecule has 0 saturated heterocycles. The first-order chi connectivity index (χ1) is 11.2. The lowest BCUT2D eigenvalue weighted by Crippen LogP contribution is -2.01. The summed E-state index contributed by atoms with van der Waals surface area (Å²) in [5.41, 5.74) is 1.61. The molecule has 0 aliphatic heterocycles. The van der Waals surface area contributed by atoms with Crippen molar-refractivity contribution in [1.29, 1.82) is 0 Å². The van der Waals surface area contributed by atoms with Crippen LogP contribution in [-0.2, 0) is 0 Å². The molecule has 0 bridgehead atoms. The second-order valence-electron chi connectivity index (χ2n) is 4.93. The van der Waals surface area contributed by atoms with E-state index >= 15 is 0 Å². The van der Waals surface area contributed by atoms with Crippen LogP contribution in [0.4, 0.5) is 0 Å². The van der Waals surface area contributed by atoms with Crippen LogP contribution in [0.15, 0.2) is 60.7 Å². The zero-order chi connectivity index (χ0) is 16.2. The lowest BCUT2D eigenvalue weighted by Gasteiger charge is -2.05. The number of ether oxygens (including phenoxy) is 2. The van der Waals surface area contributed by atoms with Crippen molar-refractivity contribution in [2.24, 2.45) is 0 Å². The van der Waals surface area contributed by atoms with Gasteiger partial charge in [-0.05, 0) is 42.0 Å². The molecule has 0 amide bonds. The molecular formula is C19H16O3S. The Hall–Kier alpha value is -2.59. The van der Waals surface area contributed by atoms with Crippen molar-refractivity contribution in [3.05, 3.63) is 71.1 Å². The minimum atomic E-state index is -0.0263. The maximum Gasteiger partial charge on any atom is 0.206 e. The van der Waals surface area contributed by atoms with E-state index in [-0.39, 0.29) is 5.78 Å². The fourth-order valence-corrected chi connectivity index (χ4v) is 3.31. The second-order valence-corrected chi connectivity index (χ2v) is 6.01.